The minimum absolute atomic E-state index is 0.291. The van der Waals surface area contributed by atoms with E-state index in [1.807, 2.05) is 13.1 Å². The van der Waals surface area contributed by atoms with Crippen LogP contribution in [-0.4, -0.2) is 40.9 Å². The molecule has 0 spiro atoms. The molecule has 1 aromatic rings. The van der Waals surface area contributed by atoms with Gasteiger partial charge in [-0.3, -0.25) is 0 Å². The Hall–Kier alpha value is -2.37. The molecule has 0 radical (unpaired) electrons. The van der Waals surface area contributed by atoms with Gasteiger partial charge in [0.15, 0.2) is 12.4 Å². The second-order valence-corrected chi connectivity index (χ2v) is 7.37. The standard InChI is InChI=1S/C17H25N6/c1-17(2,3)5-6-19-14-7-15(21-16(18)20-14)23-10-12-8-22(4)9-13(12)11-23/h7-10H,5-6,11H2,1-4H3,(H3,18,19,20,21)/q+1. The van der Waals surface area contributed by atoms with Gasteiger partial charge in [0.25, 0.3) is 0 Å². The summed E-state index contributed by atoms with van der Waals surface area (Å²) in [6.07, 6.45) is 7.42. The number of anilines is 3. The van der Waals surface area contributed by atoms with Gasteiger partial charge in [0.05, 0.1) is 17.7 Å². The number of hydrogen-bond acceptors (Lipinski definition) is 5. The summed E-state index contributed by atoms with van der Waals surface area (Å²) in [6.45, 7) is 8.36. The lowest BCUT2D eigenvalue weighted by Gasteiger charge is -2.19. The number of nitrogen functional groups attached to an aromatic ring is 1. The number of fused-ring (bicyclic) bond motifs is 1. The second kappa shape index (κ2) is 5.68. The molecular formula is C17H25N6+. The molecule has 0 bridgehead atoms. The van der Waals surface area contributed by atoms with E-state index >= 15 is 0 Å². The predicted octanol–water partition coefficient (Wildman–Crippen LogP) is 2.22. The molecule has 0 aromatic carbocycles. The maximum atomic E-state index is 5.88. The van der Waals surface area contributed by atoms with Crippen molar-refractivity contribution >= 4 is 23.8 Å². The third-order valence-corrected chi connectivity index (χ3v) is 3.91. The Balaban J connectivity index is 1.73. The lowest BCUT2D eigenvalue weighted by atomic mass is 9.92. The molecule has 3 N–H and O–H groups in total. The van der Waals surface area contributed by atoms with Crippen LogP contribution < -0.4 is 16.0 Å². The molecule has 6 heteroatoms. The molecule has 3 heterocycles. The van der Waals surface area contributed by atoms with Crippen molar-refractivity contribution in [1.82, 2.24) is 9.97 Å². The molecule has 0 saturated heterocycles. The molecule has 122 valence electrons. The quantitative estimate of drug-likeness (QED) is 0.834. The molecule has 23 heavy (non-hydrogen) atoms. The highest BCUT2D eigenvalue weighted by Crippen LogP contribution is 2.28. The summed E-state index contributed by atoms with van der Waals surface area (Å²) in [6, 6.07) is 1.96. The SMILES string of the molecule is C[N+]1=CC2=CN(c3cc(NCCC(C)(C)C)nc(N)n3)CC2=C1. The van der Waals surface area contributed by atoms with E-state index in [1.165, 1.54) is 11.1 Å². The minimum atomic E-state index is 0.291. The molecule has 6 nitrogen and oxygen atoms in total. The molecule has 1 aromatic heterocycles. The number of nitrogens with two attached hydrogens (primary N) is 1. The van der Waals surface area contributed by atoms with E-state index in [-0.39, 0.29) is 0 Å². The topological polar surface area (TPSA) is 70.1 Å². The first-order valence-corrected chi connectivity index (χ1v) is 7.95. The van der Waals surface area contributed by atoms with Crippen LogP contribution in [0.2, 0.25) is 0 Å². The van der Waals surface area contributed by atoms with Crippen molar-refractivity contribution in [2.45, 2.75) is 27.2 Å². The first-order valence-electron chi connectivity index (χ1n) is 7.95. The molecule has 2 aliphatic rings. The van der Waals surface area contributed by atoms with Crippen LogP contribution >= 0.6 is 0 Å². The van der Waals surface area contributed by atoms with E-state index in [0.29, 0.717) is 11.4 Å². The van der Waals surface area contributed by atoms with Gasteiger partial charge in [-0.2, -0.15) is 9.97 Å². The van der Waals surface area contributed by atoms with Gasteiger partial charge in [0, 0.05) is 18.8 Å². The zero-order valence-electron chi connectivity index (χ0n) is 14.3. The Morgan fingerprint density at radius 2 is 2.13 bits per heavy atom. The fourth-order valence-corrected chi connectivity index (χ4v) is 2.71. The van der Waals surface area contributed by atoms with E-state index in [2.05, 4.69) is 64.1 Å². The van der Waals surface area contributed by atoms with Crippen molar-refractivity contribution in [2.75, 3.05) is 36.1 Å². The third kappa shape index (κ3) is 3.70. The summed E-state index contributed by atoms with van der Waals surface area (Å²) in [5.41, 5.74) is 8.70. The molecular weight excluding hydrogens is 288 g/mol. The maximum absolute atomic E-state index is 5.88. The van der Waals surface area contributed by atoms with E-state index in [1.54, 1.807) is 0 Å². The van der Waals surface area contributed by atoms with Gasteiger partial charge in [0.2, 0.25) is 5.95 Å². The monoisotopic (exact) mass is 313 g/mol. The molecule has 2 aliphatic heterocycles. The van der Waals surface area contributed by atoms with Crippen molar-refractivity contribution in [3.63, 3.8) is 0 Å². The minimum Gasteiger partial charge on any atom is -0.370 e. The van der Waals surface area contributed by atoms with E-state index in [9.17, 15) is 0 Å². The van der Waals surface area contributed by atoms with Crippen LogP contribution in [0.15, 0.2) is 29.6 Å². The van der Waals surface area contributed by atoms with Gasteiger partial charge in [-0.25, -0.2) is 4.58 Å². The number of aromatic nitrogens is 2. The Labute approximate surface area is 137 Å². The van der Waals surface area contributed by atoms with Crippen LogP contribution in [0.25, 0.3) is 0 Å². The Morgan fingerprint density at radius 1 is 1.35 bits per heavy atom. The van der Waals surface area contributed by atoms with Crippen LogP contribution in [0, 0.1) is 5.41 Å². The average molecular weight is 313 g/mol. The lowest BCUT2D eigenvalue weighted by Crippen LogP contribution is -2.18. The van der Waals surface area contributed by atoms with Gasteiger partial charge in [-0.15, -0.1) is 0 Å². The fourth-order valence-electron chi connectivity index (χ4n) is 2.71. The largest absolute Gasteiger partial charge is 0.370 e. The Bertz CT molecular complexity index is 708. The van der Waals surface area contributed by atoms with Gasteiger partial charge in [-0.1, -0.05) is 20.8 Å². The lowest BCUT2D eigenvalue weighted by molar-refractivity contribution is -0.413. The Kier molecular flexibility index (Phi) is 3.83. The van der Waals surface area contributed by atoms with Crippen LogP contribution in [0.3, 0.4) is 0 Å². The molecule has 0 fully saturated rings. The highest BCUT2D eigenvalue weighted by Gasteiger charge is 2.27. The molecule has 0 unspecified atom stereocenters. The summed E-state index contributed by atoms with van der Waals surface area (Å²) in [5, 5.41) is 3.35. The molecule has 3 rings (SSSR count). The summed E-state index contributed by atoms with van der Waals surface area (Å²) >= 11 is 0. The summed E-state index contributed by atoms with van der Waals surface area (Å²) < 4.78 is 2.08. The Morgan fingerprint density at radius 3 is 2.83 bits per heavy atom. The summed E-state index contributed by atoms with van der Waals surface area (Å²) in [4.78, 5) is 10.8. The van der Waals surface area contributed by atoms with E-state index < -0.39 is 0 Å². The van der Waals surface area contributed by atoms with Crippen LogP contribution in [0.1, 0.15) is 27.2 Å². The normalized spacial score (nSPS) is 16.9. The van der Waals surface area contributed by atoms with Crippen LogP contribution in [0.4, 0.5) is 17.6 Å². The molecule has 0 atom stereocenters. The smallest absolute Gasteiger partial charge is 0.223 e. The highest BCUT2D eigenvalue weighted by atomic mass is 15.2. The fraction of sp³-hybridized carbons (Fsp3) is 0.471. The molecule has 0 amide bonds. The number of rotatable bonds is 4. The van der Waals surface area contributed by atoms with Crippen molar-refractivity contribution in [3.05, 3.63) is 29.6 Å². The number of nitrogens with zero attached hydrogens (tertiary/aromatic N) is 4. The second-order valence-electron chi connectivity index (χ2n) is 7.37. The zero-order chi connectivity index (χ0) is 16.6. The summed E-state index contributed by atoms with van der Waals surface area (Å²) in [7, 11) is 2.04. The number of nitrogens with one attached hydrogen (secondary N) is 1. The van der Waals surface area contributed by atoms with Gasteiger partial charge >= 0.3 is 0 Å². The van der Waals surface area contributed by atoms with Crippen molar-refractivity contribution in [3.8, 4) is 0 Å². The van der Waals surface area contributed by atoms with Gasteiger partial charge < -0.3 is 16.0 Å². The van der Waals surface area contributed by atoms with E-state index in [4.69, 9.17) is 5.73 Å². The van der Waals surface area contributed by atoms with Crippen LogP contribution in [-0.2, 0) is 0 Å². The van der Waals surface area contributed by atoms with E-state index in [0.717, 1.165) is 31.1 Å². The van der Waals surface area contributed by atoms with Crippen molar-refractivity contribution < 1.29 is 4.58 Å². The number of hydrogen-bond donors (Lipinski definition) is 2. The average Bonchev–Trinajstić information content (AvgIpc) is 2.93. The van der Waals surface area contributed by atoms with Crippen molar-refractivity contribution in [1.29, 1.82) is 0 Å². The molecule has 0 aliphatic carbocycles. The first kappa shape index (κ1) is 15.5. The summed E-state index contributed by atoms with van der Waals surface area (Å²) in [5.74, 6) is 1.91. The first-order chi connectivity index (χ1) is 10.8. The predicted molar refractivity (Wildman–Crippen MR) is 94.8 cm³/mol. The van der Waals surface area contributed by atoms with Crippen molar-refractivity contribution in [2.24, 2.45) is 5.41 Å². The highest BCUT2D eigenvalue weighted by molar-refractivity contribution is 5.86. The third-order valence-electron chi connectivity index (χ3n) is 3.91. The van der Waals surface area contributed by atoms with Crippen LogP contribution in [0.5, 0.6) is 0 Å². The maximum Gasteiger partial charge on any atom is 0.223 e. The van der Waals surface area contributed by atoms with Gasteiger partial charge in [-0.05, 0) is 11.8 Å². The van der Waals surface area contributed by atoms with Gasteiger partial charge in [0.1, 0.15) is 18.7 Å². The molecule has 0 saturated carbocycles. The zero-order valence-corrected chi connectivity index (χ0v) is 14.3.